The Morgan fingerprint density at radius 1 is 1.23 bits per heavy atom. The van der Waals surface area contributed by atoms with Crippen molar-refractivity contribution in [1.29, 1.82) is 0 Å². The predicted octanol–water partition coefficient (Wildman–Crippen LogP) is 0.458. The van der Waals surface area contributed by atoms with Gasteiger partial charge < -0.3 is 20.0 Å². The standard InChI is InChI=1S/C18H28N4O4/c1-3-14(2)20-16(23)13-21-8-10-22(11-9-21)17(24)6-7-19-18(25)15-5-4-12-26-15/h4-5,12,14H,3,6-11,13H2,1-2H3,(H,19,25)(H,20,23). The molecule has 1 atom stereocenters. The summed E-state index contributed by atoms with van der Waals surface area (Å²) in [5, 5.41) is 5.62. The third-order valence-corrected chi connectivity index (χ3v) is 4.48. The van der Waals surface area contributed by atoms with Crippen LogP contribution in [0.1, 0.15) is 37.2 Å². The first-order valence-electron chi connectivity index (χ1n) is 9.10. The summed E-state index contributed by atoms with van der Waals surface area (Å²) in [5.41, 5.74) is 0. The highest BCUT2D eigenvalue weighted by molar-refractivity contribution is 5.91. The molecule has 2 N–H and O–H groups in total. The van der Waals surface area contributed by atoms with Crippen LogP contribution in [0.4, 0.5) is 0 Å². The lowest BCUT2D eigenvalue weighted by atomic mass is 10.2. The molecular weight excluding hydrogens is 336 g/mol. The summed E-state index contributed by atoms with van der Waals surface area (Å²) in [6.07, 6.45) is 2.59. The number of amides is 3. The molecular formula is C18H28N4O4. The molecule has 144 valence electrons. The second-order valence-electron chi connectivity index (χ2n) is 6.52. The highest BCUT2D eigenvalue weighted by Crippen LogP contribution is 2.04. The van der Waals surface area contributed by atoms with E-state index in [-0.39, 0.29) is 42.5 Å². The summed E-state index contributed by atoms with van der Waals surface area (Å²) >= 11 is 0. The van der Waals surface area contributed by atoms with Crippen LogP contribution in [0, 0.1) is 0 Å². The van der Waals surface area contributed by atoms with E-state index in [1.54, 1.807) is 17.0 Å². The van der Waals surface area contributed by atoms with E-state index in [2.05, 4.69) is 15.5 Å². The van der Waals surface area contributed by atoms with Crippen molar-refractivity contribution in [2.75, 3.05) is 39.3 Å². The summed E-state index contributed by atoms with van der Waals surface area (Å²) in [4.78, 5) is 39.7. The number of piperazine rings is 1. The number of nitrogens with zero attached hydrogens (tertiary/aromatic N) is 2. The van der Waals surface area contributed by atoms with E-state index < -0.39 is 0 Å². The molecule has 1 aliphatic rings. The van der Waals surface area contributed by atoms with E-state index in [0.29, 0.717) is 32.7 Å². The number of nitrogens with one attached hydrogen (secondary N) is 2. The molecule has 1 aromatic rings. The SMILES string of the molecule is CCC(C)NC(=O)CN1CCN(C(=O)CCNC(=O)c2ccco2)CC1. The smallest absolute Gasteiger partial charge is 0.286 e. The number of carbonyl (C=O) groups is 3. The van der Waals surface area contributed by atoms with Gasteiger partial charge in [-0.3, -0.25) is 19.3 Å². The number of rotatable bonds is 8. The molecule has 8 heteroatoms. The maximum atomic E-state index is 12.2. The van der Waals surface area contributed by atoms with Gasteiger partial charge in [0.05, 0.1) is 12.8 Å². The molecule has 0 spiro atoms. The van der Waals surface area contributed by atoms with Crippen LogP contribution in [0.5, 0.6) is 0 Å². The zero-order chi connectivity index (χ0) is 18.9. The monoisotopic (exact) mass is 364 g/mol. The fourth-order valence-electron chi connectivity index (χ4n) is 2.72. The summed E-state index contributed by atoms with van der Waals surface area (Å²) in [7, 11) is 0. The van der Waals surface area contributed by atoms with E-state index in [4.69, 9.17) is 4.42 Å². The van der Waals surface area contributed by atoms with Gasteiger partial charge in [-0.1, -0.05) is 6.92 Å². The third-order valence-electron chi connectivity index (χ3n) is 4.48. The summed E-state index contributed by atoms with van der Waals surface area (Å²) in [6.45, 7) is 7.22. The molecule has 0 saturated carbocycles. The molecule has 1 fully saturated rings. The minimum Gasteiger partial charge on any atom is -0.459 e. The molecule has 0 radical (unpaired) electrons. The van der Waals surface area contributed by atoms with Crippen LogP contribution < -0.4 is 10.6 Å². The molecule has 1 saturated heterocycles. The molecule has 0 aliphatic carbocycles. The fourth-order valence-corrected chi connectivity index (χ4v) is 2.72. The van der Waals surface area contributed by atoms with Gasteiger partial charge in [-0.25, -0.2) is 0 Å². The first-order chi connectivity index (χ1) is 12.5. The quantitative estimate of drug-likeness (QED) is 0.699. The van der Waals surface area contributed by atoms with Crippen molar-refractivity contribution in [2.45, 2.75) is 32.7 Å². The molecule has 2 rings (SSSR count). The summed E-state index contributed by atoms with van der Waals surface area (Å²) in [6, 6.07) is 3.40. The minimum absolute atomic E-state index is 0.00783. The van der Waals surface area contributed by atoms with Gasteiger partial charge in [-0.05, 0) is 25.5 Å². The first-order valence-corrected chi connectivity index (χ1v) is 9.10. The Bertz CT molecular complexity index is 594. The van der Waals surface area contributed by atoms with Gasteiger partial charge in [-0.15, -0.1) is 0 Å². The average Bonchev–Trinajstić information content (AvgIpc) is 3.16. The van der Waals surface area contributed by atoms with Crippen LogP contribution in [0.2, 0.25) is 0 Å². The van der Waals surface area contributed by atoms with Crippen LogP contribution >= 0.6 is 0 Å². The molecule has 1 aromatic heterocycles. The molecule has 8 nitrogen and oxygen atoms in total. The second-order valence-corrected chi connectivity index (χ2v) is 6.52. The molecule has 3 amide bonds. The lowest BCUT2D eigenvalue weighted by Gasteiger charge is -2.34. The molecule has 2 heterocycles. The summed E-state index contributed by atoms with van der Waals surface area (Å²) < 4.78 is 5.00. The zero-order valence-corrected chi connectivity index (χ0v) is 15.5. The number of carbonyl (C=O) groups excluding carboxylic acids is 3. The van der Waals surface area contributed by atoms with Crippen molar-refractivity contribution in [3.63, 3.8) is 0 Å². The van der Waals surface area contributed by atoms with Gasteiger partial charge in [0, 0.05) is 45.2 Å². The van der Waals surface area contributed by atoms with Crippen LogP contribution in [-0.4, -0.2) is 72.8 Å². The van der Waals surface area contributed by atoms with E-state index in [1.165, 1.54) is 6.26 Å². The highest BCUT2D eigenvalue weighted by atomic mass is 16.3. The number of furan rings is 1. The minimum atomic E-state index is -0.320. The van der Waals surface area contributed by atoms with E-state index >= 15 is 0 Å². The van der Waals surface area contributed by atoms with Gasteiger partial charge in [0.25, 0.3) is 5.91 Å². The summed E-state index contributed by atoms with van der Waals surface area (Å²) in [5.74, 6) is -0.0464. The lowest BCUT2D eigenvalue weighted by Crippen LogP contribution is -2.52. The Balaban J connectivity index is 1.63. The van der Waals surface area contributed by atoms with E-state index in [1.807, 2.05) is 13.8 Å². The Morgan fingerprint density at radius 2 is 1.96 bits per heavy atom. The van der Waals surface area contributed by atoms with Crippen molar-refractivity contribution in [2.24, 2.45) is 0 Å². The molecule has 1 aliphatic heterocycles. The Hall–Kier alpha value is -2.35. The zero-order valence-electron chi connectivity index (χ0n) is 15.5. The van der Waals surface area contributed by atoms with E-state index in [0.717, 1.165) is 6.42 Å². The van der Waals surface area contributed by atoms with Gasteiger partial charge in [-0.2, -0.15) is 0 Å². The van der Waals surface area contributed by atoms with E-state index in [9.17, 15) is 14.4 Å². The Morgan fingerprint density at radius 3 is 2.58 bits per heavy atom. The van der Waals surface area contributed by atoms with Crippen molar-refractivity contribution < 1.29 is 18.8 Å². The maximum Gasteiger partial charge on any atom is 0.286 e. The predicted molar refractivity (Wildman–Crippen MR) is 96.6 cm³/mol. The van der Waals surface area contributed by atoms with Crippen LogP contribution in [-0.2, 0) is 9.59 Å². The number of hydrogen-bond acceptors (Lipinski definition) is 5. The molecule has 1 unspecified atom stereocenters. The third kappa shape index (κ3) is 6.18. The highest BCUT2D eigenvalue weighted by Gasteiger charge is 2.22. The molecule has 0 aromatic carbocycles. The van der Waals surface area contributed by atoms with Crippen molar-refractivity contribution in [1.82, 2.24) is 20.4 Å². The Labute approximate surface area is 153 Å². The largest absolute Gasteiger partial charge is 0.459 e. The van der Waals surface area contributed by atoms with Crippen molar-refractivity contribution >= 4 is 17.7 Å². The maximum absolute atomic E-state index is 12.2. The van der Waals surface area contributed by atoms with Crippen molar-refractivity contribution in [3.05, 3.63) is 24.2 Å². The van der Waals surface area contributed by atoms with Gasteiger partial charge in [0.1, 0.15) is 0 Å². The average molecular weight is 364 g/mol. The topological polar surface area (TPSA) is 94.9 Å². The lowest BCUT2D eigenvalue weighted by molar-refractivity contribution is -0.133. The molecule has 0 bridgehead atoms. The number of hydrogen-bond donors (Lipinski definition) is 2. The van der Waals surface area contributed by atoms with Crippen LogP contribution in [0.25, 0.3) is 0 Å². The van der Waals surface area contributed by atoms with Crippen molar-refractivity contribution in [3.8, 4) is 0 Å². The van der Waals surface area contributed by atoms with Gasteiger partial charge in [0.15, 0.2) is 5.76 Å². The van der Waals surface area contributed by atoms with Crippen LogP contribution in [0.15, 0.2) is 22.8 Å². The van der Waals surface area contributed by atoms with Gasteiger partial charge >= 0.3 is 0 Å². The van der Waals surface area contributed by atoms with Crippen LogP contribution in [0.3, 0.4) is 0 Å². The second kappa shape index (κ2) is 9.96. The first kappa shape index (κ1) is 20.0. The fraction of sp³-hybridized carbons (Fsp3) is 0.611. The van der Waals surface area contributed by atoms with Gasteiger partial charge in [0.2, 0.25) is 11.8 Å². The Kier molecular flexibility index (Phi) is 7.65. The molecule has 26 heavy (non-hydrogen) atoms. The normalized spacial score (nSPS) is 16.2.